The first-order chi connectivity index (χ1) is 15.8. The highest BCUT2D eigenvalue weighted by Crippen LogP contribution is 2.42. The molecule has 2 fully saturated rings. The van der Waals surface area contributed by atoms with Crippen molar-refractivity contribution in [3.8, 4) is 17.2 Å². The summed E-state index contributed by atoms with van der Waals surface area (Å²) in [6, 6.07) is 13.1. The Kier molecular flexibility index (Phi) is 5.15. The summed E-state index contributed by atoms with van der Waals surface area (Å²) in [6.45, 7) is 4.05. The predicted molar refractivity (Wildman–Crippen MR) is 120 cm³/mol. The third-order valence-corrected chi connectivity index (χ3v) is 6.89. The maximum Gasteiger partial charge on any atom is 0.231 e. The summed E-state index contributed by atoms with van der Waals surface area (Å²) in [5.74, 6) is 3.35. The van der Waals surface area contributed by atoms with Crippen molar-refractivity contribution in [3.05, 3.63) is 47.8 Å². The highest BCUT2D eigenvalue weighted by molar-refractivity contribution is 5.76. The van der Waals surface area contributed by atoms with Crippen LogP contribution < -0.4 is 14.2 Å². The average molecular weight is 436 g/mol. The van der Waals surface area contributed by atoms with E-state index in [0.717, 1.165) is 74.8 Å². The largest absolute Gasteiger partial charge is 0.493 e. The first kappa shape index (κ1) is 19.9. The second-order valence-corrected chi connectivity index (χ2v) is 8.87. The van der Waals surface area contributed by atoms with Crippen LogP contribution in [-0.4, -0.2) is 48.1 Å². The summed E-state index contributed by atoms with van der Waals surface area (Å²) < 4.78 is 25.1. The molecule has 3 aliphatic rings. The number of ether oxygens (including phenoxy) is 4. The van der Waals surface area contributed by atoms with Crippen LogP contribution in [-0.2, 0) is 11.3 Å². The molecule has 7 heteroatoms. The van der Waals surface area contributed by atoms with Gasteiger partial charge in [-0.1, -0.05) is 12.1 Å². The minimum Gasteiger partial charge on any atom is -0.493 e. The smallest absolute Gasteiger partial charge is 0.231 e. The number of piperidine rings is 1. The summed E-state index contributed by atoms with van der Waals surface area (Å²) in [4.78, 5) is 7.51. The van der Waals surface area contributed by atoms with E-state index in [1.165, 1.54) is 11.1 Å². The van der Waals surface area contributed by atoms with Gasteiger partial charge in [0.1, 0.15) is 11.9 Å². The zero-order chi connectivity index (χ0) is 21.5. The Morgan fingerprint density at radius 1 is 1.09 bits per heavy atom. The van der Waals surface area contributed by atoms with Crippen molar-refractivity contribution in [2.45, 2.75) is 44.4 Å². The van der Waals surface area contributed by atoms with E-state index < -0.39 is 0 Å². The molecule has 0 aliphatic carbocycles. The van der Waals surface area contributed by atoms with Gasteiger partial charge < -0.3 is 23.5 Å². The van der Waals surface area contributed by atoms with Crippen LogP contribution >= 0.6 is 0 Å². The molecule has 168 valence electrons. The minimum atomic E-state index is 0.126. The van der Waals surface area contributed by atoms with Gasteiger partial charge in [-0.05, 0) is 55.5 Å². The van der Waals surface area contributed by atoms with E-state index in [1.54, 1.807) is 7.11 Å². The van der Waals surface area contributed by atoms with Crippen LogP contribution in [0, 0.1) is 0 Å². The topological polar surface area (TPSA) is 58.0 Å². The lowest BCUT2D eigenvalue weighted by molar-refractivity contribution is 0.0971. The highest BCUT2D eigenvalue weighted by atomic mass is 16.7. The van der Waals surface area contributed by atoms with Crippen molar-refractivity contribution >= 4 is 11.0 Å². The number of hydrogen-bond acceptors (Lipinski definition) is 6. The van der Waals surface area contributed by atoms with Gasteiger partial charge >= 0.3 is 0 Å². The Balaban J connectivity index is 1.20. The lowest BCUT2D eigenvalue weighted by Crippen LogP contribution is -2.34. The van der Waals surface area contributed by atoms with Crippen molar-refractivity contribution in [2.75, 3.05) is 33.6 Å². The van der Waals surface area contributed by atoms with Gasteiger partial charge in [0.2, 0.25) is 12.5 Å². The van der Waals surface area contributed by atoms with E-state index in [-0.39, 0.29) is 12.9 Å². The lowest BCUT2D eigenvalue weighted by Gasteiger charge is -2.34. The molecular formula is C25H29N3O4. The van der Waals surface area contributed by atoms with Gasteiger partial charge in [0, 0.05) is 32.3 Å². The first-order valence-electron chi connectivity index (χ1n) is 11.6. The Morgan fingerprint density at radius 2 is 1.97 bits per heavy atom. The Labute approximate surface area is 187 Å². The van der Waals surface area contributed by atoms with Crippen LogP contribution in [0.15, 0.2) is 36.4 Å². The maximum absolute atomic E-state index is 6.03. The normalized spacial score (nSPS) is 21.5. The van der Waals surface area contributed by atoms with Crippen LogP contribution in [0.5, 0.6) is 17.2 Å². The summed E-state index contributed by atoms with van der Waals surface area (Å²) >= 11 is 0. The molecule has 1 aromatic heterocycles. The Morgan fingerprint density at radius 3 is 2.78 bits per heavy atom. The van der Waals surface area contributed by atoms with Crippen LogP contribution in [0.1, 0.15) is 49.2 Å². The van der Waals surface area contributed by atoms with Crippen LogP contribution in [0.3, 0.4) is 0 Å². The third kappa shape index (κ3) is 3.49. The molecule has 3 aromatic rings. The number of aromatic nitrogens is 2. The van der Waals surface area contributed by atoms with Crippen molar-refractivity contribution in [1.29, 1.82) is 0 Å². The molecule has 0 N–H and O–H groups in total. The molecule has 2 aromatic carbocycles. The van der Waals surface area contributed by atoms with Gasteiger partial charge in [0.05, 0.1) is 18.1 Å². The van der Waals surface area contributed by atoms with Crippen LogP contribution in [0.2, 0.25) is 0 Å². The fourth-order valence-corrected chi connectivity index (χ4v) is 5.32. The van der Waals surface area contributed by atoms with Gasteiger partial charge in [-0.3, -0.25) is 4.90 Å². The molecule has 0 bridgehead atoms. The van der Waals surface area contributed by atoms with Crippen molar-refractivity contribution in [3.63, 3.8) is 0 Å². The predicted octanol–water partition coefficient (Wildman–Crippen LogP) is 4.46. The first-order valence-corrected chi connectivity index (χ1v) is 11.6. The SMILES string of the molecule is COc1cc(CN2CCC(n3c(C4CCCO4)nc4ccccc43)CC2)cc2c1OCO2. The highest BCUT2D eigenvalue weighted by Gasteiger charge is 2.30. The standard InChI is InChI=1S/C25H29N3O4/c1-29-22-13-17(14-23-24(22)32-16-31-23)15-27-10-8-18(9-11-27)28-20-6-3-2-5-19(20)26-25(28)21-7-4-12-30-21/h2-3,5-6,13-14,18,21H,4,7-12,15-16H2,1H3. The number of rotatable bonds is 5. The Bertz CT molecular complexity index is 1110. The van der Waals surface area contributed by atoms with E-state index in [1.807, 2.05) is 0 Å². The summed E-state index contributed by atoms with van der Waals surface area (Å²) in [6.07, 6.45) is 4.50. The van der Waals surface area contributed by atoms with Crippen LogP contribution in [0.25, 0.3) is 11.0 Å². The molecule has 32 heavy (non-hydrogen) atoms. The van der Waals surface area contributed by atoms with E-state index in [0.29, 0.717) is 11.8 Å². The monoisotopic (exact) mass is 435 g/mol. The zero-order valence-electron chi connectivity index (χ0n) is 18.5. The van der Waals surface area contributed by atoms with E-state index in [4.69, 9.17) is 23.9 Å². The Hall–Kier alpha value is -2.77. The number of benzene rings is 2. The lowest BCUT2D eigenvalue weighted by atomic mass is 10.0. The molecule has 0 saturated carbocycles. The van der Waals surface area contributed by atoms with Crippen molar-refractivity contribution < 1.29 is 18.9 Å². The summed E-state index contributed by atoms with van der Waals surface area (Å²) in [5.41, 5.74) is 3.50. The molecule has 0 spiro atoms. The molecule has 4 heterocycles. The quantitative estimate of drug-likeness (QED) is 0.590. The van der Waals surface area contributed by atoms with Gasteiger partial charge in [-0.2, -0.15) is 0 Å². The second-order valence-electron chi connectivity index (χ2n) is 8.87. The van der Waals surface area contributed by atoms with Gasteiger partial charge in [0.25, 0.3) is 0 Å². The van der Waals surface area contributed by atoms with E-state index in [2.05, 4.69) is 45.9 Å². The fraction of sp³-hybridized carbons (Fsp3) is 0.480. The van der Waals surface area contributed by atoms with Crippen molar-refractivity contribution in [2.24, 2.45) is 0 Å². The average Bonchev–Trinajstić information content (AvgIpc) is 3.58. The number of likely N-dealkylation sites (tertiary alicyclic amines) is 1. The van der Waals surface area contributed by atoms with E-state index in [9.17, 15) is 0 Å². The number of hydrogen-bond donors (Lipinski definition) is 0. The number of methoxy groups -OCH3 is 1. The minimum absolute atomic E-state index is 0.126. The molecule has 7 nitrogen and oxygen atoms in total. The number of fused-ring (bicyclic) bond motifs is 2. The van der Waals surface area contributed by atoms with Gasteiger partial charge in [-0.15, -0.1) is 0 Å². The van der Waals surface area contributed by atoms with Crippen LogP contribution in [0.4, 0.5) is 0 Å². The molecular weight excluding hydrogens is 406 g/mol. The summed E-state index contributed by atoms with van der Waals surface area (Å²) in [7, 11) is 1.67. The van der Waals surface area contributed by atoms with Crippen molar-refractivity contribution in [1.82, 2.24) is 14.5 Å². The van der Waals surface area contributed by atoms with E-state index >= 15 is 0 Å². The second kappa shape index (κ2) is 8.30. The molecule has 0 amide bonds. The number of imidazole rings is 1. The molecule has 2 saturated heterocycles. The zero-order valence-corrected chi connectivity index (χ0v) is 18.5. The maximum atomic E-state index is 6.03. The molecule has 0 radical (unpaired) electrons. The third-order valence-electron chi connectivity index (χ3n) is 6.89. The fourth-order valence-electron chi connectivity index (χ4n) is 5.32. The van der Waals surface area contributed by atoms with Gasteiger partial charge in [0.15, 0.2) is 11.5 Å². The summed E-state index contributed by atoms with van der Waals surface area (Å²) in [5, 5.41) is 0. The molecule has 1 unspecified atom stereocenters. The molecule has 1 atom stereocenters. The van der Waals surface area contributed by atoms with Gasteiger partial charge in [-0.25, -0.2) is 4.98 Å². The molecule has 3 aliphatic heterocycles. The molecule has 6 rings (SSSR count). The number of nitrogens with zero attached hydrogens (tertiary/aromatic N) is 3. The number of para-hydroxylation sites is 2.